The van der Waals surface area contributed by atoms with Gasteiger partial charge >= 0.3 is 0 Å². The third-order valence-electron chi connectivity index (χ3n) is 3.71. The van der Waals surface area contributed by atoms with E-state index in [0.29, 0.717) is 18.7 Å². The highest BCUT2D eigenvalue weighted by molar-refractivity contribution is 5.90. The van der Waals surface area contributed by atoms with Crippen molar-refractivity contribution in [2.45, 2.75) is 31.7 Å². The van der Waals surface area contributed by atoms with Crippen LogP contribution in [0.5, 0.6) is 0 Å². The molecule has 0 saturated carbocycles. The Bertz CT molecular complexity index is 436. The minimum atomic E-state index is -0.317. The molecule has 2 rings (SSSR count). The zero-order valence-electron chi connectivity index (χ0n) is 11.5. The number of benzene rings is 1. The van der Waals surface area contributed by atoms with E-state index in [9.17, 15) is 14.3 Å². The van der Waals surface area contributed by atoms with Crippen molar-refractivity contribution in [1.82, 2.24) is 4.90 Å². The molecule has 5 heteroatoms. The minimum absolute atomic E-state index is 0.0844. The van der Waals surface area contributed by atoms with E-state index in [1.807, 2.05) is 0 Å². The second-order valence-electron chi connectivity index (χ2n) is 5.17. The summed E-state index contributed by atoms with van der Waals surface area (Å²) in [6, 6.07) is 5.92. The first-order valence-corrected chi connectivity index (χ1v) is 7.09. The molecule has 0 aromatic heterocycles. The van der Waals surface area contributed by atoms with Gasteiger partial charge in [-0.05, 0) is 43.7 Å². The molecule has 1 atom stereocenters. The molecule has 1 aliphatic heterocycles. The summed E-state index contributed by atoms with van der Waals surface area (Å²) in [5, 5.41) is 12.1. The van der Waals surface area contributed by atoms with Crippen LogP contribution >= 0.6 is 0 Å². The number of aliphatic hydroxyl groups excluding tert-OH is 1. The number of anilines is 1. The van der Waals surface area contributed by atoms with E-state index >= 15 is 0 Å². The fraction of sp³-hybridized carbons (Fsp3) is 0.533. The predicted molar refractivity (Wildman–Crippen MR) is 75.9 cm³/mol. The lowest BCUT2D eigenvalue weighted by Crippen LogP contribution is -2.43. The van der Waals surface area contributed by atoms with Crippen molar-refractivity contribution < 1.29 is 14.3 Å². The summed E-state index contributed by atoms with van der Waals surface area (Å²) in [6.45, 7) is 1.74. The first-order chi connectivity index (χ1) is 9.69. The largest absolute Gasteiger partial charge is 0.395 e. The molecule has 4 nitrogen and oxygen atoms in total. The molecule has 2 N–H and O–H groups in total. The summed E-state index contributed by atoms with van der Waals surface area (Å²) in [5.41, 5.74) is 0.605. The Hall–Kier alpha value is -1.46. The molecule has 110 valence electrons. The summed E-state index contributed by atoms with van der Waals surface area (Å²) in [7, 11) is 0. The Morgan fingerprint density at radius 3 is 2.80 bits per heavy atom. The van der Waals surface area contributed by atoms with Gasteiger partial charge in [-0.15, -0.1) is 0 Å². The maximum Gasteiger partial charge on any atom is 0.225 e. The first-order valence-electron chi connectivity index (χ1n) is 7.09. The van der Waals surface area contributed by atoms with Crippen LogP contribution < -0.4 is 5.32 Å². The summed E-state index contributed by atoms with van der Waals surface area (Å²) >= 11 is 0. The Morgan fingerprint density at radius 1 is 1.35 bits per heavy atom. The molecule has 20 heavy (non-hydrogen) atoms. The highest BCUT2D eigenvalue weighted by atomic mass is 19.1. The van der Waals surface area contributed by atoms with Gasteiger partial charge in [0.2, 0.25) is 5.91 Å². The number of rotatable bonds is 5. The molecule has 1 aromatic rings. The number of nitrogens with one attached hydrogen (secondary N) is 1. The van der Waals surface area contributed by atoms with Gasteiger partial charge in [0.05, 0.1) is 6.61 Å². The molecule has 1 fully saturated rings. The molecule has 1 aromatic carbocycles. The number of nitrogens with zero attached hydrogens (tertiary/aromatic N) is 1. The lowest BCUT2D eigenvalue weighted by Gasteiger charge is -2.34. The predicted octanol–water partition coefficient (Wildman–Crippen LogP) is 2.00. The molecule has 1 aliphatic rings. The number of piperidine rings is 1. The van der Waals surface area contributed by atoms with E-state index in [1.165, 1.54) is 12.1 Å². The van der Waals surface area contributed by atoms with E-state index in [0.717, 1.165) is 25.8 Å². The molecular formula is C15H21FN2O2. The summed E-state index contributed by atoms with van der Waals surface area (Å²) in [4.78, 5) is 14.0. The fourth-order valence-corrected chi connectivity index (χ4v) is 2.56. The number of carbonyl (C=O) groups excluding carboxylic acids is 1. The Labute approximate surface area is 118 Å². The lowest BCUT2D eigenvalue weighted by molar-refractivity contribution is -0.116. The van der Waals surface area contributed by atoms with Crippen LogP contribution in [0.25, 0.3) is 0 Å². The van der Waals surface area contributed by atoms with Crippen molar-refractivity contribution in [2.75, 3.05) is 25.0 Å². The third-order valence-corrected chi connectivity index (χ3v) is 3.71. The number of amides is 1. The van der Waals surface area contributed by atoms with Crippen LogP contribution in [0.2, 0.25) is 0 Å². The summed E-state index contributed by atoms with van der Waals surface area (Å²) in [5.74, 6) is -0.402. The van der Waals surface area contributed by atoms with Crippen molar-refractivity contribution in [3.05, 3.63) is 30.1 Å². The highest BCUT2D eigenvalue weighted by Gasteiger charge is 2.21. The fourth-order valence-electron chi connectivity index (χ4n) is 2.56. The molecule has 1 saturated heterocycles. The van der Waals surface area contributed by atoms with Crippen LogP contribution in [-0.2, 0) is 4.79 Å². The van der Waals surface area contributed by atoms with Crippen LogP contribution in [0.15, 0.2) is 24.3 Å². The van der Waals surface area contributed by atoms with Gasteiger partial charge in [0.1, 0.15) is 5.82 Å². The monoisotopic (exact) mass is 280 g/mol. The van der Waals surface area contributed by atoms with Gasteiger partial charge in [0.25, 0.3) is 0 Å². The van der Waals surface area contributed by atoms with Gasteiger partial charge in [-0.2, -0.15) is 0 Å². The highest BCUT2D eigenvalue weighted by Crippen LogP contribution is 2.17. The van der Waals surface area contributed by atoms with Crippen LogP contribution in [0.3, 0.4) is 0 Å². The van der Waals surface area contributed by atoms with Gasteiger partial charge in [-0.1, -0.05) is 6.42 Å². The van der Waals surface area contributed by atoms with Gasteiger partial charge in [0, 0.05) is 24.7 Å². The van der Waals surface area contributed by atoms with E-state index < -0.39 is 0 Å². The second kappa shape index (κ2) is 7.36. The topological polar surface area (TPSA) is 52.6 Å². The van der Waals surface area contributed by atoms with Gasteiger partial charge in [-0.3, -0.25) is 9.69 Å². The quantitative estimate of drug-likeness (QED) is 0.867. The normalized spacial score (nSPS) is 19.8. The van der Waals surface area contributed by atoms with E-state index in [-0.39, 0.29) is 24.4 Å². The summed E-state index contributed by atoms with van der Waals surface area (Å²) < 4.78 is 12.8. The number of carbonyl (C=O) groups is 1. The molecule has 1 heterocycles. The standard InChI is InChI=1S/C15H21FN2O2/c16-12-4-6-13(7-5-12)17-15(20)8-10-18-9-2-1-3-14(18)11-19/h4-7,14,19H,1-3,8-11H2,(H,17,20)/t14-/m1/s1. The van der Waals surface area contributed by atoms with Crippen molar-refractivity contribution in [2.24, 2.45) is 0 Å². The van der Waals surface area contributed by atoms with Gasteiger partial charge in [-0.25, -0.2) is 4.39 Å². The van der Waals surface area contributed by atoms with Crippen molar-refractivity contribution in [1.29, 1.82) is 0 Å². The number of halogens is 1. The number of aliphatic hydroxyl groups is 1. The van der Waals surface area contributed by atoms with Crippen molar-refractivity contribution in [3.8, 4) is 0 Å². The molecule has 0 radical (unpaired) electrons. The molecule has 0 spiro atoms. The van der Waals surface area contributed by atoms with Crippen molar-refractivity contribution >= 4 is 11.6 Å². The minimum Gasteiger partial charge on any atom is -0.395 e. The van der Waals surface area contributed by atoms with Crippen LogP contribution in [-0.4, -0.2) is 41.7 Å². The zero-order valence-corrected chi connectivity index (χ0v) is 11.5. The van der Waals surface area contributed by atoms with E-state index in [4.69, 9.17) is 0 Å². The Kier molecular flexibility index (Phi) is 5.49. The average molecular weight is 280 g/mol. The Balaban J connectivity index is 1.78. The average Bonchev–Trinajstić information content (AvgIpc) is 2.48. The SMILES string of the molecule is O=C(CCN1CCCC[C@@H]1CO)Nc1ccc(F)cc1. The maximum atomic E-state index is 12.8. The van der Waals surface area contributed by atoms with Gasteiger partial charge in [0.15, 0.2) is 0 Å². The van der Waals surface area contributed by atoms with Crippen molar-refractivity contribution in [3.63, 3.8) is 0 Å². The number of likely N-dealkylation sites (tertiary alicyclic amines) is 1. The number of hydrogen-bond donors (Lipinski definition) is 2. The molecular weight excluding hydrogens is 259 g/mol. The zero-order chi connectivity index (χ0) is 14.4. The number of hydrogen-bond acceptors (Lipinski definition) is 3. The second-order valence-corrected chi connectivity index (χ2v) is 5.17. The first kappa shape index (κ1) is 14.9. The smallest absolute Gasteiger partial charge is 0.225 e. The molecule has 0 aliphatic carbocycles. The van der Waals surface area contributed by atoms with E-state index in [2.05, 4.69) is 10.2 Å². The third kappa shape index (κ3) is 4.28. The lowest BCUT2D eigenvalue weighted by atomic mass is 10.0. The van der Waals surface area contributed by atoms with E-state index in [1.54, 1.807) is 12.1 Å². The maximum absolute atomic E-state index is 12.8. The Morgan fingerprint density at radius 2 is 2.10 bits per heavy atom. The van der Waals surface area contributed by atoms with Crippen LogP contribution in [0, 0.1) is 5.82 Å². The van der Waals surface area contributed by atoms with Gasteiger partial charge < -0.3 is 10.4 Å². The van der Waals surface area contributed by atoms with Crippen LogP contribution in [0.1, 0.15) is 25.7 Å². The summed E-state index contributed by atoms with van der Waals surface area (Å²) in [6.07, 6.45) is 3.64. The molecule has 0 unspecified atom stereocenters. The molecule has 0 bridgehead atoms. The van der Waals surface area contributed by atoms with Crippen LogP contribution in [0.4, 0.5) is 10.1 Å². The molecule has 1 amide bonds.